The van der Waals surface area contributed by atoms with E-state index in [-0.39, 0.29) is 13.2 Å². The predicted octanol–water partition coefficient (Wildman–Crippen LogP) is 2.39. The van der Waals surface area contributed by atoms with Crippen LogP contribution in [-0.2, 0) is 9.47 Å². The van der Waals surface area contributed by atoms with Crippen molar-refractivity contribution in [3.8, 4) is 5.69 Å². The molecule has 2 aromatic rings. The second kappa shape index (κ2) is 6.39. The van der Waals surface area contributed by atoms with Gasteiger partial charge in [-0.2, -0.15) is 0 Å². The molecule has 2 heterocycles. The van der Waals surface area contributed by atoms with Crippen LogP contribution in [0.25, 0.3) is 5.69 Å². The number of halogens is 1. The van der Waals surface area contributed by atoms with Gasteiger partial charge in [0.1, 0.15) is 17.9 Å². The molecular formula is C16H16INO4. The van der Waals surface area contributed by atoms with Crippen molar-refractivity contribution < 1.29 is 19.4 Å². The van der Waals surface area contributed by atoms with E-state index in [2.05, 4.69) is 22.6 Å². The van der Waals surface area contributed by atoms with Crippen LogP contribution in [0.1, 0.15) is 16.9 Å². The molecule has 1 atom stereocenters. The summed E-state index contributed by atoms with van der Waals surface area (Å²) in [4.78, 5) is 12.3. The average molecular weight is 413 g/mol. The zero-order chi connectivity index (χ0) is 15.6. The van der Waals surface area contributed by atoms with Crippen LogP contribution in [0.3, 0.4) is 0 Å². The molecule has 22 heavy (non-hydrogen) atoms. The first-order chi connectivity index (χ1) is 10.6. The molecule has 0 radical (unpaired) electrons. The Hall–Kier alpha value is -1.38. The number of aliphatic hydroxyl groups is 1. The number of benzene rings is 1. The standard InChI is InChI=1S/C16H16INO4/c17-12-3-5-13(6-4-12)18-8-1-2-14(18)15(19)22-11-16(20)7-9-21-10-16/h1-6,8,20H,7,9-11H2. The van der Waals surface area contributed by atoms with Crippen molar-refractivity contribution in [1.29, 1.82) is 0 Å². The Balaban J connectivity index is 1.73. The fraction of sp³-hybridized carbons (Fsp3) is 0.312. The first-order valence-electron chi connectivity index (χ1n) is 6.98. The first-order valence-corrected chi connectivity index (χ1v) is 8.06. The molecule has 3 rings (SSSR count). The minimum atomic E-state index is -1.06. The highest BCUT2D eigenvalue weighted by molar-refractivity contribution is 14.1. The van der Waals surface area contributed by atoms with E-state index in [4.69, 9.17) is 9.47 Å². The van der Waals surface area contributed by atoms with E-state index in [9.17, 15) is 9.90 Å². The quantitative estimate of drug-likeness (QED) is 0.618. The Morgan fingerprint density at radius 1 is 1.36 bits per heavy atom. The molecule has 1 N–H and O–H groups in total. The Morgan fingerprint density at radius 3 is 2.82 bits per heavy atom. The van der Waals surface area contributed by atoms with Crippen LogP contribution in [-0.4, -0.2) is 41.1 Å². The van der Waals surface area contributed by atoms with Gasteiger partial charge in [-0.05, 0) is 59.0 Å². The molecule has 1 fully saturated rings. The van der Waals surface area contributed by atoms with Crippen LogP contribution in [0.15, 0.2) is 42.6 Å². The van der Waals surface area contributed by atoms with Gasteiger partial charge in [0, 0.05) is 28.5 Å². The van der Waals surface area contributed by atoms with Gasteiger partial charge in [0.2, 0.25) is 0 Å². The van der Waals surface area contributed by atoms with Gasteiger partial charge in [-0.15, -0.1) is 0 Å². The molecule has 6 heteroatoms. The lowest BCUT2D eigenvalue weighted by Crippen LogP contribution is -2.36. The molecule has 1 aromatic carbocycles. The van der Waals surface area contributed by atoms with Crippen molar-refractivity contribution >= 4 is 28.6 Å². The topological polar surface area (TPSA) is 60.7 Å². The molecular weight excluding hydrogens is 397 g/mol. The van der Waals surface area contributed by atoms with Gasteiger partial charge >= 0.3 is 5.97 Å². The number of aromatic nitrogens is 1. The number of hydrogen-bond acceptors (Lipinski definition) is 4. The Morgan fingerprint density at radius 2 is 2.14 bits per heavy atom. The second-order valence-corrected chi connectivity index (χ2v) is 6.59. The minimum Gasteiger partial charge on any atom is -0.458 e. The molecule has 0 amide bonds. The van der Waals surface area contributed by atoms with Crippen LogP contribution in [0.5, 0.6) is 0 Å². The second-order valence-electron chi connectivity index (χ2n) is 5.34. The van der Waals surface area contributed by atoms with E-state index >= 15 is 0 Å². The number of rotatable bonds is 4. The average Bonchev–Trinajstić information content (AvgIpc) is 3.15. The summed E-state index contributed by atoms with van der Waals surface area (Å²) in [7, 11) is 0. The Labute approximate surface area is 142 Å². The van der Waals surface area contributed by atoms with Crippen LogP contribution >= 0.6 is 22.6 Å². The van der Waals surface area contributed by atoms with Crippen LogP contribution < -0.4 is 0 Å². The molecule has 1 aromatic heterocycles. The third-order valence-corrected chi connectivity index (χ3v) is 4.34. The summed E-state index contributed by atoms with van der Waals surface area (Å²) in [5, 5.41) is 10.1. The van der Waals surface area contributed by atoms with Gasteiger partial charge in [-0.1, -0.05) is 0 Å². The molecule has 0 spiro atoms. The molecule has 1 aliphatic rings. The van der Waals surface area contributed by atoms with Crippen molar-refractivity contribution in [2.24, 2.45) is 0 Å². The first kappa shape index (κ1) is 15.5. The summed E-state index contributed by atoms with van der Waals surface area (Å²) in [5.41, 5.74) is 0.264. The van der Waals surface area contributed by atoms with Crippen molar-refractivity contribution in [3.05, 3.63) is 51.9 Å². The molecule has 0 saturated carbocycles. The summed E-state index contributed by atoms with van der Waals surface area (Å²) in [5.74, 6) is -0.455. The van der Waals surface area contributed by atoms with E-state index in [1.165, 1.54) is 0 Å². The fourth-order valence-corrected chi connectivity index (χ4v) is 2.72. The summed E-state index contributed by atoms with van der Waals surface area (Å²) in [6, 6.07) is 11.3. The number of nitrogens with zero attached hydrogens (tertiary/aromatic N) is 1. The fourth-order valence-electron chi connectivity index (χ4n) is 2.36. The molecule has 1 unspecified atom stereocenters. The van der Waals surface area contributed by atoms with Crippen LogP contribution in [0.2, 0.25) is 0 Å². The Bertz CT molecular complexity index is 659. The third kappa shape index (κ3) is 3.34. The van der Waals surface area contributed by atoms with Gasteiger partial charge in [-0.3, -0.25) is 0 Å². The van der Waals surface area contributed by atoms with Gasteiger partial charge in [0.05, 0.1) is 6.61 Å². The van der Waals surface area contributed by atoms with Gasteiger partial charge in [-0.25, -0.2) is 4.79 Å². The van der Waals surface area contributed by atoms with E-state index in [1.54, 1.807) is 16.7 Å². The summed E-state index contributed by atoms with van der Waals surface area (Å²) >= 11 is 2.23. The molecule has 0 aliphatic carbocycles. The molecule has 0 bridgehead atoms. The van der Waals surface area contributed by atoms with Gasteiger partial charge in [0.25, 0.3) is 0 Å². The zero-order valence-electron chi connectivity index (χ0n) is 11.9. The van der Waals surface area contributed by atoms with Crippen LogP contribution in [0, 0.1) is 3.57 Å². The number of ether oxygens (including phenoxy) is 2. The predicted molar refractivity (Wildman–Crippen MR) is 89.2 cm³/mol. The van der Waals surface area contributed by atoms with Gasteiger partial charge < -0.3 is 19.1 Å². The number of esters is 1. The van der Waals surface area contributed by atoms with E-state index in [0.29, 0.717) is 18.7 Å². The molecule has 1 aliphatic heterocycles. The maximum absolute atomic E-state index is 12.3. The lowest BCUT2D eigenvalue weighted by atomic mass is 10.1. The van der Waals surface area contributed by atoms with Crippen molar-refractivity contribution in [2.75, 3.05) is 19.8 Å². The SMILES string of the molecule is O=C(OCC1(O)CCOC1)c1cccn1-c1ccc(I)cc1. The maximum atomic E-state index is 12.3. The van der Waals surface area contributed by atoms with E-state index < -0.39 is 11.6 Å². The highest BCUT2D eigenvalue weighted by Crippen LogP contribution is 2.20. The summed E-state index contributed by atoms with van der Waals surface area (Å²) in [6.07, 6.45) is 2.30. The van der Waals surface area contributed by atoms with Gasteiger partial charge in [0.15, 0.2) is 0 Å². The monoisotopic (exact) mass is 413 g/mol. The number of carbonyl (C=O) groups is 1. The largest absolute Gasteiger partial charge is 0.458 e. The highest BCUT2D eigenvalue weighted by Gasteiger charge is 2.34. The summed E-state index contributed by atoms with van der Waals surface area (Å²) < 4.78 is 13.3. The van der Waals surface area contributed by atoms with E-state index in [0.717, 1.165) is 9.26 Å². The van der Waals surface area contributed by atoms with Crippen LogP contribution in [0.4, 0.5) is 0 Å². The highest BCUT2D eigenvalue weighted by atomic mass is 127. The van der Waals surface area contributed by atoms with E-state index in [1.807, 2.05) is 30.5 Å². The lowest BCUT2D eigenvalue weighted by Gasteiger charge is -2.20. The molecule has 5 nitrogen and oxygen atoms in total. The number of hydrogen-bond donors (Lipinski definition) is 1. The number of carbonyl (C=O) groups excluding carboxylic acids is 1. The third-order valence-electron chi connectivity index (χ3n) is 3.62. The zero-order valence-corrected chi connectivity index (χ0v) is 14.0. The maximum Gasteiger partial charge on any atom is 0.355 e. The molecule has 116 valence electrons. The lowest BCUT2D eigenvalue weighted by molar-refractivity contribution is -0.0357. The van der Waals surface area contributed by atoms with Crippen molar-refractivity contribution in [3.63, 3.8) is 0 Å². The smallest absolute Gasteiger partial charge is 0.355 e. The Kier molecular flexibility index (Phi) is 4.51. The van der Waals surface area contributed by atoms with Crippen molar-refractivity contribution in [1.82, 2.24) is 4.57 Å². The normalized spacial score (nSPS) is 21.0. The molecule has 1 saturated heterocycles. The minimum absolute atomic E-state index is 0.0519. The summed E-state index contributed by atoms with van der Waals surface area (Å²) in [6.45, 7) is 0.648. The van der Waals surface area contributed by atoms with Crippen molar-refractivity contribution in [2.45, 2.75) is 12.0 Å².